The molecule has 1 aliphatic rings. The predicted octanol–water partition coefficient (Wildman–Crippen LogP) is 1.76. The van der Waals surface area contributed by atoms with Crippen LogP contribution in [0.4, 0.5) is 0 Å². The zero-order valence-corrected chi connectivity index (χ0v) is 14.2. The first-order chi connectivity index (χ1) is 11.4. The number of aliphatic carboxylic acids is 1. The number of aryl methyl sites for hydroxylation is 3. The zero-order valence-electron chi connectivity index (χ0n) is 14.2. The average Bonchev–Trinajstić information content (AvgIpc) is 3.09. The van der Waals surface area contributed by atoms with Crippen LogP contribution in [0.5, 0.6) is 0 Å². The lowest BCUT2D eigenvalue weighted by molar-refractivity contribution is -0.143. The molecule has 1 amide bonds. The number of hydrogen-bond acceptors (Lipinski definition) is 3. The molecule has 7 heteroatoms. The Morgan fingerprint density at radius 2 is 1.92 bits per heavy atom. The van der Waals surface area contributed by atoms with Crippen LogP contribution in [0.25, 0.3) is 5.82 Å². The van der Waals surface area contributed by atoms with Gasteiger partial charge in [0, 0.05) is 31.5 Å². The Hall–Kier alpha value is -2.57. The van der Waals surface area contributed by atoms with Crippen LogP contribution in [-0.2, 0) is 11.8 Å². The van der Waals surface area contributed by atoms with Crippen molar-refractivity contribution in [1.29, 1.82) is 0 Å². The lowest BCUT2D eigenvalue weighted by Crippen LogP contribution is -2.42. The summed E-state index contributed by atoms with van der Waals surface area (Å²) in [6.45, 7) is 4.80. The molecule has 1 saturated heterocycles. The van der Waals surface area contributed by atoms with Crippen molar-refractivity contribution >= 4 is 11.9 Å². The molecule has 0 aliphatic carbocycles. The van der Waals surface area contributed by atoms with E-state index in [9.17, 15) is 14.7 Å². The van der Waals surface area contributed by atoms with E-state index in [-0.39, 0.29) is 12.5 Å². The minimum atomic E-state index is -0.837. The summed E-state index contributed by atoms with van der Waals surface area (Å²) in [6, 6.07) is 4.00. The standard InChI is InChI=1S/C17H22N4O3/c1-11-6-7-12(2)21(11)15-14(9-18-19(15)3)16(22)20-8-4-5-13(10-20)17(23)24/h6-7,9,13H,4-5,8,10H2,1-3H3,(H,23,24). The van der Waals surface area contributed by atoms with Crippen molar-refractivity contribution in [3.05, 3.63) is 35.3 Å². The minimum absolute atomic E-state index is 0.156. The summed E-state index contributed by atoms with van der Waals surface area (Å²) in [5, 5.41) is 13.5. The minimum Gasteiger partial charge on any atom is -0.481 e. The molecule has 2 aromatic heterocycles. The maximum absolute atomic E-state index is 13.0. The Kier molecular flexibility index (Phi) is 4.17. The van der Waals surface area contributed by atoms with E-state index >= 15 is 0 Å². The molecule has 1 unspecified atom stereocenters. The number of aromatic nitrogens is 3. The molecule has 0 radical (unpaired) electrons. The maximum Gasteiger partial charge on any atom is 0.308 e. The number of hydrogen-bond donors (Lipinski definition) is 1. The van der Waals surface area contributed by atoms with Crippen LogP contribution >= 0.6 is 0 Å². The van der Waals surface area contributed by atoms with Crippen molar-refractivity contribution < 1.29 is 14.7 Å². The molecule has 2 aromatic rings. The van der Waals surface area contributed by atoms with Gasteiger partial charge >= 0.3 is 5.97 Å². The number of rotatable bonds is 3. The molecule has 0 spiro atoms. The zero-order chi connectivity index (χ0) is 17.4. The van der Waals surface area contributed by atoms with Crippen LogP contribution in [0.3, 0.4) is 0 Å². The first kappa shape index (κ1) is 16.3. The molecule has 3 heterocycles. The highest BCUT2D eigenvalue weighted by atomic mass is 16.4. The fourth-order valence-electron chi connectivity index (χ4n) is 3.38. The van der Waals surface area contributed by atoms with Gasteiger partial charge in [-0.25, -0.2) is 0 Å². The third kappa shape index (κ3) is 2.70. The monoisotopic (exact) mass is 330 g/mol. The summed E-state index contributed by atoms with van der Waals surface area (Å²) < 4.78 is 3.69. The van der Waals surface area contributed by atoms with Crippen molar-refractivity contribution in [2.24, 2.45) is 13.0 Å². The molecular weight excluding hydrogens is 308 g/mol. The largest absolute Gasteiger partial charge is 0.481 e. The number of amides is 1. The molecule has 0 aromatic carbocycles. The molecule has 128 valence electrons. The maximum atomic E-state index is 13.0. The van der Waals surface area contributed by atoms with E-state index in [2.05, 4.69) is 5.10 Å². The highest BCUT2D eigenvalue weighted by Crippen LogP contribution is 2.24. The van der Waals surface area contributed by atoms with Crippen molar-refractivity contribution in [3.8, 4) is 5.82 Å². The van der Waals surface area contributed by atoms with Crippen LogP contribution < -0.4 is 0 Å². The average molecular weight is 330 g/mol. The quantitative estimate of drug-likeness (QED) is 0.930. The molecule has 24 heavy (non-hydrogen) atoms. The number of carbonyl (C=O) groups excluding carboxylic acids is 1. The van der Waals surface area contributed by atoms with Gasteiger partial charge < -0.3 is 14.6 Å². The summed E-state index contributed by atoms with van der Waals surface area (Å²) >= 11 is 0. The Morgan fingerprint density at radius 3 is 2.54 bits per heavy atom. The molecular formula is C17H22N4O3. The van der Waals surface area contributed by atoms with E-state index in [4.69, 9.17) is 0 Å². The van der Waals surface area contributed by atoms with Gasteiger partial charge in [0.1, 0.15) is 11.4 Å². The van der Waals surface area contributed by atoms with Gasteiger partial charge in [-0.15, -0.1) is 0 Å². The Morgan fingerprint density at radius 1 is 1.25 bits per heavy atom. The number of nitrogens with zero attached hydrogens (tertiary/aromatic N) is 4. The third-order valence-corrected chi connectivity index (χ3v) is 4.68. The Bertz CT molecular complexity index is 770. The second kappa shape index (κ2) is 6.14. The Balaban J connectivity index is 1.96. The van der Waals surface area contributed by atoms with Gasteiger partial charge in [-0.1, -0.05) is 0 Å². The normalized spacial score (nSPS) is 18.0. The molecule has 1 atom stereocenters. The molecule has 0 saturated carbocycles. The van der Waals surface area contributed by atoms with Crippen LogP contribution in [0.15, 0.2) is 18.3 Å². The highest BCUT2D eigenvalue weighted by Gasteiger charge is 2.31. The summed E-state index contributed by atoms with van der Waals surface area (Å²) in [5.74, 6) is -0.761. The molecule has 7 nitrogen and oxygen atoms in total. The molecule has 0 bridgehead atoms. The van der Waals surface area contributed by atoms with Gasteiger partial charge in [0.05, 0.1) is 12.1 Å². The van der Waals surface area contributed by atoms with Crippen molar-refractivity contribution in [1.82, 2.24) is 19.2 Å². The fourth-order valence-corrected chi connectivity index (χ4v) is 3.38. The van der Waals surface area contributed by atoms with Crippen molar-refractivity contribution in [2.45, 2.75) is 26.7 Å². The van der Waals surface area contributed by atoms with E-state index in [1.54, 1.807) is 22.8 Å². The van der Waals surface area contributed by atoms with Crippen LogP contribution in [0.1, 0.15) is 34.6 Å². The van der Waals surface area contributed by atoms with Gasteiger partial charge in [-0.2, -0.15) is 5.10 Å². The second-order valence-corrected chi connectivity index (χ2v) is 6.39. The second-order valence-electron chi connectivity index (χ2n) is 6.39. The van der Waals surface area contributed by atoms with Gasteiger partial charge in [0.15, 0.2) is 0 Å². The molecule has 1 N–H and O–H groups in total. The smallest absolute Gasteiger partial charge is 0.308 e. The van der Waals surface area contributed by atoms with E-state index in [1.165, 1.54) is 0 Å². The van der Waals surface area contributed by atoms with E-state index in [0.717, 1.165) is 17.2 Å². The first-order valence-electron chi connectivity index (χ1n) is 8.09. The van der Waals surface area contributed by atoms with Gasteiger partial charge in [-0.05, 0) is 38.8 Å². The highest BCUT2D eigenvalue weighted by molar-refractivity contribution is 5.97. The number of carboxylic acid groups (broad SMARTS) is 1. The Labute approximate surface area is 140 Å². The third-order valence-electron chi connectivity index (χ3n) is 4.68. The lowest BCUT2D eigenvalue weighted by Gasteiger charge is -2.30. The van der Waals surface area contributed by atoms with Gasteiger partial charge in [0.25, 0.3) is 5.91 Å². The topological polar surface area (TPSA) is 80.4 Å². The summed E-state index contributed by atoms with van der Waals surface area (Å²) in [7, 11) is 1.81. The van der Waals surface area contributed by atoms with Crippen molar-refractivity contribution in [3.63, 3.8) is 0 Å². The number of carboxylic acids is 1. The summed E-state index contributed by atoms with van der Waals surface area (Å²) in [4.78, 5) is 25.9. The predicted molar refractivity (Wildman–Crippen MR) is 88.3 cm³/mol. The van der Waals surface area contributed by atoms with Gasteiger partial charge in [0.2, 0.25) is 0 Å². The number of piperidine rings is 1. The molecule has 1 fully saturated rings. The summed E-state index contributed by atoms with van der Waals surface area (Å²) in [6.07, 6.45) is 2.90. The molecule has 3 rings (SSSR count). The summed E-state index contributed by atoms with van der Waals surface area (Å²) in [5.41, 5.74) is 2.55. The van der Waals surface area contributed by atoms with Crippen molar-refractivity contribution in [2.75, 3.05) is 13.1 Å². The van der Waals surface area contributed by atoms with E-state index in [1.807, 2.05) is 30.5 Å². The van der Waals surface area contributed by atoms with Crippen LogP contribution in [0.2, 0.25) is 0 Å². The molecule has 1 aliphatic heterocycles. The fraction of sp³-hybridized carbons (Fsp3) is 0.471. The SMILES string of the molecule is Cc1ccc(C)n1-c1c(C(=O)N2CCCC(C(=O)O)C2)cnn1C. The lowest BCUT2D eigenvalue weighted by atomic mass is 9.98. The first-order valence-corrected chi connectivity index (χ1v) is 8.09. The van der Waals surface area contributed by atoms with Crippen LogP contribution in [0, 0.1) is 19.8 Å². The van der Waals surface area contributed by atoms with E-state index < -0.39 is 11.9 Å². The van der Waals surface area contributed by atoms with Gasteiger partial charge in [-0.3, -0.25) is 14.3 Å². The van der Waals surface area contributed by atoms with E-state index in [0.29, 0.717) is 24.9 Å². The number of likely N-dealkylation sites (tertiary alicyclic amines) is 1. The number of carbonyl (C=O) groups is 2. The van der Waals surface area contributed by atoms with Crippen LogP contribution in [-0.4, -0.2) is 49.3 Å².